The molecule has 3 rings (SSSR count). The number of aromatic nitrogens is 3. The molecule has 1 amide bonds. The van der Waals surface area contributed by atoms with Gasteiger partial charge in [0.1, 0.15) is 5.82 Å². The molecule has 0 atom stereocenters. The molecule has 0 unspecified atom stereocenters. The van der Waals surface area contributed by atoms with Gasteiger partial charge in [-0.25, -0.2) is 0 Å². The molecule has 0 aliphatic carbocycles. The molecule has 2 aromatic carbocycles. The van der Waals surface area contributed by atoms with Crippen LogP contribution in [0.15, 0.2) is 53.7 Å². The Morgan fingerprint density at radius 1 is 0.963 bits per heavy atom. The molecule has 0 N–H and O–H groups in total. The Bertz CT molecular complexity index is 916. The minimum absolute atomic E-state index is 0.0664. The van der Waals surface area contributed by atoms with Gasteiger partial charge in [0.25, 0.3) is 0 Å². The van der Waals surface area contributed by atoms with E-state index < -0.39 is 0 Å². The SMILES string of the molecule is Cc1ccc(CN(C)C(=O)CSc2nnc(C)n2-c2ccc(C)cc2)cc1. The van der Waals surface area contributed by atoms with E-state index in [0.29, 0.717) is 12.3 Å². The second kappa shape index (κ2) is 8.39. The summed E-state index contributed by atoms with van der Waals surface area (Å²) in [6, 6.07) is 16.5. The first-order chi connectivity index (χ1) is 12.9. The Labute approximate surface area is 164 Å². The molecule has 0 radical (unpaired) electrons. The van der Waals surface area contributed by atoms with Crippen molar-refractivity contribution in [2.45, 2.75) is 32.5 Å². The fourth-order valence-electron chi connectivity index (χ4n) is 2.72. The molecule has 1 heterocycles. The number of hydrogen-bond acceptors (Lipinski definition) is 4. The summed E-state index contributed by atoms with van der Waals surface area (Å²) in [4.78, 5) is 14.3. The van der Waals surface area contributed by atoms with Gasteiger partial charge in [-0.2, -0.15) is 0 Å². The second-order valence-corrected chi connectivity index (χ2v) is 7.67. The molecule has 0 fully saturated rings. The summed E-state index contributed by atoms with van der Waals surface area (Å²) in [6.45, 7) is 6.63. The van der Waals surface area contributed by atoms with Crippen LogP contribution in [0.4, 0.5) is 0 Å². The van der Waals surface area contributed by atoms with Gasteiger partial charge in [-0.1, -0.05) is 59.3 Å². The van der Waals surface area contributed by atoms with Gasteiger partial charge >= 0.3 is 0 Å². The zero-order valence-electron chi connectivity index (χ0n) is 16.1. The molecule has 0 saturated carbocycles. The van der Waals surface area contributed by atoms with Gasteiger partial charge in [0, 0.05) is 19.3 Å². The van der Waals surface area contributed by atoms with Gasteiger partial charge in [-0.05, 0) is 38.5 Å². The van der Waals surface area contributed by atoms with Crippen LogP contribution in [0.2, 0.25) is 0 Å². The maximum Gasteiger partial charge on any atom is 0.233 e. The minimum Gasteiger partial charge on any atom is -0.341 e. The summed E-state index contributed by atoms with van der Waals surface area (Å²) in [5, 5.41) is 9.16. The number of nitrogens with zero attached hydrogens (tertiary/aromatic N) is 4. The van der Waals surface area contributed by atoms with Crippen LogP contribution in [0.5, 0.6) is 0 Å². The molecule has 0 saturated heterocycles. The third-order valence-corrected chi connectivity index (χ3v) is 5.29. The zero-order chi connectivity index (χ0) is 19.4. The molecule has 5 nitrogen and oxygen atoms in total. The average molecular weight is 381 g/mol. The standard InChI is InChI=1S/C21H24N4OS/c1-15-5-9-18(10-6-15)13-24(4)20(26)14-27-21-23-22-17(3)25(21)19-11-7-16(2)8-12-19/h5-12H,13-14H2,1-4H3. The van der Waals surface area contributed by atoms with E-state index in [1.165, 1.54) is 22.9 Å². The zero-order valence-corrected chi connectivity index (χ0v) is 17.0. The number of amides is 1. The monoisotopic (exact) mass is 380 g/mol. The first kappa shape index (κ1) is 19.2. The van der Waals surface area contributed by atoms with Crippen LogP contribution in [0.1, 0.15) is 22.5 Å². The minimum atomic E-state index is 0.0664. The topological polar surface area (TPSA) is 51.0 Å². The first-order valence-corrected chi connectivity index (χ1v) is 9.84. The highest BCUT2D eigenvalue weighted by atomic mass is 32.2. The van der Waals surface area contributed by atoms with Crippen LogP contribution >= 0.6 is 11.8 Å². The van der Waals surface area contributed by atoms with Gasteiger partial charge < -0.3 is 4.90 Å². The molecular formula is C21H24N4OS. The molecule has 0 aliphatic rings. The molecule has 0 spiro atoms. The van der Waals surface area contributed by atoms with Crippen molar-refractivity contribution >= 4 is 17.7 Å². The number of rotatable bonds is 6. The van der Waals surface area contributed by atoms with E-state index in [9.17, 15) is 4.79 Å². The van der Waals surface area contributed by atoms with E-state index in [1.807, 2.05) is 30.7 Å². The maximum atomic E-state index is 12.5. The third kappa shape index (κ3) is 4.77. The number of benzene rings is 2. The molecule has 27 heavy (non-hydrogen) atoms. The lowest BCUT2D eigenvalue weighted by Gasteiger charge is -2.17. The van der Waals surface area contributed by atoms with E-state index in [4.69, 9.17) is 0 Å². The summed E-state index contributed by atoms with van der Waals surface area (Å²) in [5.74, 6) is 1.20. The molecule has 140 valence electrons. The van der Waals surface area contributed by atoms with Crippen molar-refractivity contribution in [2.24, 2.45) is 0 Å². The summed E-state index contributed by atoms with van der Waals surface area (Å²) in [5.41, 5.74) is 4.55. The van der Waals surface area contributed by atoms with Crippen molar-refractivity contribution in [3.63, 3.8) is 0 Å². The highest BCUT2D eigenvalue weighted by Crippen LogP contribution is 2.22. The summed E-state index contributed by atoms with van der Waals surface area (Å²) < 4.78 is 1.98. The first-order valence-electron chi connectivity index (χ1n) is 8.85. The lowest BCUT2D eigenvalue weighted by atomic mass is 10.1. The van der Waals surface area contributed by atoms with Crippen molar-refractivity contribution < 1.29 is 4.79 Å². The Balaban J connectivity index is 1.65. The fraction of sp³-hybridized carbons (Fsp3) is 0.286. The maximum absolute atomic E-state index is 12.5. The van der Waals surface area contributed by atoms with Crippen LogP contribution < -0.4 is 0 Å². The Morgan fingerprint density at radius 2 is 1.56 bits per heavy atom. The van der Waals surface area contributed by atoms with Gasteiger partial charge in [-0.15, -0.1) is 10.2 Å². The van der Waals surface area contributed by atoms with E-state index in [2.05, 4.69) is 60.4 Å². The number of hydrogen-bond donors (Lipinski definition) is 0. The predicted molar refractivity (Wildman–Crippen MR) is 109 cm³/mol. The predicted octanol–water partition coefficient (Wildman–Crippen LogP) is 3.94. The molecular weight excluding hydrogens is 356 g/mol. The fourth-order valence-corrected chi connectivity index (χ4v) is 3.66. The molecule has 0 bridgehead atoms. The van der Waals surface area contributed by atoms with E-state index in [0.717, 1.165) is 22.2 Å². The molecule has 6 heteroatoms. The highest BCUT2D eigenvalue weighted by Gasteiger charge is 2.15. The normalized spacial score (nSPS) is 10.8. The Morgan fingerprint density at radius 3 is 2.19 bits per heavy atom. The molecule has 1 aromatic heterocycles. The van der Waals surface area contributed by atoms with Crippen molar-refractivity contribution in [1.82, 2.24) is 19.7 Å². The smallest absolute Gasteiger partial charge is 0.233 e. The van der Waals surface area contributed by atoms with Crippen molar-refractivity contribution in [1.29, 1.82) is 0 Å². The lowest BCUT2D eigenvalue weighted by molar-refractivity contribution is -0.127. The van der Waals surface area contributed by atoms with E-state index in [1.54, 1.807) is 4.90 Å². The molecule has 0 aliphatic heterocycles. The summed E-state index contributed by atoms with van der Waals surface area (Å²) in [7, 11) is 1.83. The van der Waals surface area contributed by atoms with Gasteiger partial charge in [-0.3, -0.25) is 9.36 Å². The van der Waals surface area contributed by atoms with Crippen molar-refractivity contribution in [3.8, 4) is 5.69 Å². The van der Waals surface area contributed by atoms with Crippen LogP contribution in [0, 0.1) is 20.8 Å². The van der Waals surface area contributed by atoms with Gasteiger partial charge in [0.05, 0.1) is 5.75 Å². The number of carbonyl (C=O) groups is 1. The van der Waals surface area contributed by atoms with E-state index in [-0.39, 0.29) is 5.91 Å². The average Bonchev–Trinajstić information content (AvgIpc) is 3.03. The van der Waals surface area contributed by atoms with Crippen molar-refractivity contribution in [2.75, 3.05) is 12.8 Å². The number of carbonyl (C=O) groups excluding carboxylic acids is 1. The summed E-state index contributed by atoms with van der Waals surface area (Å²) in [6.07, 6.45) is 0. The van der Waals surface area contributed by atoms with E-state index >= 15 is 0 Å². The third-order valence-electron chi connectivity index (χ3n) is 4.38. The summed E-state index contributed by atoms with van der Waals surface area (Å²) >= 11 is 1.41. The number of aryl methyl sites for hydroxylation is 3. The van der Waals surface area contributed by atoms with Crippen LogP contribution in [0.25, 0.3) is 5.69 Å². The van der Waals surface area contributed by atoms with Crippen LogP contribution in [0.3, 0.4) is 0 Å². The van der Waals surface area contributed by atoms with Crippen LogP contribution in [-0.4, -0.2) is 38.4 Å². The Kier molecular flexibility index (Phi) is 5.96. The Hall–Kier alpha value is -2.60. The highest BCUT2D eigenvalue weighted by molar-refractivity contribution is 7.99. The van der Waals surface area contributed by atoms with Gasteiger partial charge in [0.15, 0.2) is 5.16 Å². The number of thioether (sulfide) groups is 1. The quantitative estimate of drug-likeness (QED) is 0.608. The largest absolute Gasteiger partial charge is 0.341 e. The van der Waals surface area contributed by atoms with Crippen LogP contribution in [-0.2, 0) is 11.3 Å². The lowest BCUT2D eigenvalue weighted by Crippen LogP contribution is -2.27. The van der Waals surface area contributed by atoms with Gasteiger partial charge in [0.2, 0.25) is 5.91 Å². The second-order valence-electron chi connectivity index (χ2n) is 6.72. The van der Waals surface area contributed by atoms with Crippen molar-refractivity contribution in [3.05, 3.63) is 71.0 Å². The molecule has 3 aromatic rings.